The van der Waals surface area contributed by atoms with Gasteiger partial charge in [-0.05, 0) is 29.8 Å². The van der Waals surface area contributed by atoms with Crippen LogP contribution in [0.15, 0.2) is 47.4 Å². The van der Waals surface area contributed by atoms with Crippen molar-refractivity contribution in [3.63, 3.8) is 0 Å². The topological polar surface area (TPSA) is 22.0 Å². The van der Waals surface area contributed by atoms with E-state index in [0.717, 1.165) is 5.56 Å². The van der Waals surface area contributed by atoms with Gasteiger partial charge in [-0.2, -0.15) is 0 Å². The van der Waals surface area contributed by atoms with Gasteiger partial charge >= 0.3 is 0 Å². The number of hydrogen-bond donors (Lipinski definition) is 0. The van der Waals surface area contributed by atoms with Gasteiger partial charge in [-0.1, -0.05) is 12.1 Å². The Morgan fingerprint density at radius 2 is 1.80 bits per heavy atom. The molecule has 76 valence electrons. The van der Waals surface area contributed by atoms with Gasteiger partial charge in [0, 0.05) is 18.8 Å². The molecule has 1 aromatic heterocycles. The van der Waals surface area contributed by atoms with Crippen molar-refractivity contribution in [3.05, 3.63) is 58.8 Å². The number of halogens is 1. The molecule has 1 aromatic carbocycles. The van der Waals surface area contributed by atoms with E-state index >= 15 is 0 Å². The lowest BCUT2D eigenvalue weighted by Crippen LogP contribution is -2.17. The zero-order valence-electron chi connectivity index (χ0n) is 8.27. The minimum atomic E-state index is -0.300. The molecule has 2 rings (SSSR count). The van der Waals surface area contributed by atoms with E-state index in [1.165, 1.54) is 16.7 Å². The first-order valence-corrected chi connectivity index (χ1v) is 4.60. The van der Waals surface area contributed by atoms with E-state index in [9.17, 15) is 9.18 Å². The van der Waals surface area contributed by atoms with Gasteiger partial charge in [0.1, 0.15) is 5.82 Å². The molecule has 0 aliphatic rings. The lowest BCUT2D eigenvalue weighted by atomic mass is 10.1. The Kier molecular flexibility index (Phi) is 2.37. The third-order valence-corrected chi connectivity index (χ3v) is 2.28. The fourth-order valence-corrected chi connectivity index (χ4v) is 1.45. The smallest absolute Gasteiger partial charge is 0.258 e. The summed E-state index contributed by atoms with van der Waals surface area (Å²) in [5.74, 6) is -0.300. The van der Waals surface area contributed by atoms with E-state index in [1.807, 2.05) is 0 Å². The maximum Gasteiger partial charge on any atom is 0.258 e. The fraction of sp³-hybridized carbons (Fsp3) is 0.0833. The van der Waals surface area contributed by atoms with E-state index in [0.29, 0.717) is 5.56 Å². The van der Waals surface area contributed by atoms with Crippen LogP contribution in [-0.2, 0) is 7.05 Å². The second-order valence-electron chi connectivity index (χ2n) is 3.34. The Morgan fingerprint density at radius 3 is 2.47 bits per heavy atom. The molecule has 2 aromatic rings. The van der Waals surface area contributed by atoms with E-state index in [-0.39, 0.29) is 11.4 Å². The van der Waals surface area contributed by atoms with Gasteiger partial charge in [0.05, 0.1) is 0 Å². The van der Waals surface area contributed by atoms with Crippen LogP contribution in [0.25, 0.3) is 11.1 Å². The van der Waals surface area contributed by atoms with Crippen molar-refractivity contribution in [2.75, 3.05) is 0 Å². The van der Waals surface area contributed by atoms with Crippen LogP contribution in [0.4, 0.5) is 4.39 Å². The van der Waals surface area contributed by atoms with Crippen molar-refractivity contribution in [1.29, 1.82) is 0 Å². The molecule has 1 heterocycles. The predicted octanol–water partition coefficient (Wildman–Crippen LogP) is 2.19. The zero-order chi connectivity index (χ0) is 10.8. The summed E-state index contributed by atoms with van der Waals surface area (Å²) >= 11 is 0. The first kappa shape index (κ1) is 9.65. The zero-order valence-corrected chi connectivity index (χ0v) is 8.27. The second-order valence-corrected chi connectivity index (χ2v) is 3.34. The molecule has 0 unspecified atom stereocenters. The van der Waals surface area contributed by atoms with Crippen LogP contribution in [0.1, 0.15) is 0 Å². The molecule has 0 saturated carbocycles. The van der Waals surface area contributed by atoms with Crippen LogP contribution in [0.2, 0.25) is 0 Å². The van der Waals surface area contributed by atoms with E-state index in [4.69, 9.17) is 0 Å². The normalized spacial score (nSPS) is 10.3. The quantitative estimate of drug-likeness (QED) is 0.696. The highest BCUT2D eigenvalue weighted by atomic mass is 19.1. The largest absolute Gasteiger partial charge is 0.318 e. The number of nitrogens with zero attached hydrogens (tertiary/aromatic N) is 1. The number of aromatic nitrogens is 1. The molecule has 0 atom stereocenters. The molecule has 0 saturated heterocycles. The molecule has 0 radical (unpaired) electrons. The number of pyridine rings is 1. The third-order valence-electron chi connectivity index (χ3n) is 2.28. The van der Waals surface area contributed by atoms with Crippen molar-refractivity contribution in [2.45, 2.75) is 0 Å². The Balaban J connectivity index is 2.59. The van der Waals surface area contributed by atoms with Crippen molar-refractivity contribution in [1.82, 2.24) is 4.57 Å². The maximum absolute atomic E-state index is 12.7. The summed E-state index contributed by atoms with van der Waals surface area (Å²) in [6, 6.07) is 9.43. The van der Waals surface area contributed by atoms with Gasteiger partial charge in [0.25, 0.3) is 5.56 Å². The first-order chi connectivity index (χ1) is 7.18. The first-order valence-electron chi connectivity index (χ1n) is 4.60. The fourth-order valence-electron chi connectivity index (χ4n) is 1.45. The molecule has 3 heteroatoms. The summed E-state index contributed by atoms with van der Waals surface area (Å²) in [5, 5.41) is 0. The SMILES string of the molecule is Cn1cccc(-c2ccc(F)cc2)c1=O. The van der Waals surface area contributed by atoms with Crippen LogP contribution in [-0.4, -0.2) is 4.57 Å². The molecule has 2 nitrogen and oxygen atoms in total. The highest BCUT2D eigenvalue weighted by molar-refractivity contribution is 5.61. The van der Waals surface area contributed by atoms with Crippen LogP contribution in [0.3, 0.4) is 0 Å². The Bertz CT molecular complexity index is 528. The maximum atomic E-state index is 12.7. The molecule has 0 spiro atoms. The van der Waals surface area contributed by atoms with Crippen molar-refractivity contribution < 1.29 is 4.39 Å². The molecule has 0 N–H and O–H groups in total. The van der Waals surface area contributed by atoms with Crippen LogP contribution >= 0.6 is 0 Å². The average molecular weight is 203 g/mol. The predicted molar refractivity (Wildman–Crippen MR) is 57.1 cm³/mol. The molecule has 0 aliphatic carbocycles. The van der Waals surface area contributed by atoms with Gasteiger partial charge in [-0.15, -0.1) is 0 Å². The summed E-state index contributed by atoms with van der Waals surface area (Å²) in [5.41, 5.74) is 1.24. The Labute approximate surface area is 86.6 Å². The van der Waals surface area contributed by atoms with Crippen molar-refractivity contribution in [3.8, 4) is 11.1 Å². The highest BCUT2D eigenvalue weighted by Crippen LogP contribution is 2.14. The molecule has 15 heavy (non-hydrogen) atoms. The lowest BCUT2D eigenvalue weighted by Gasteiger charge is -2.02. The van der Waals surface area contributed by atoms with E-state index in [1.54, 1.807) is 37.5 Å². The Morgan fingerprint density at radius 1 is 1.13 bits per heavy atom. The van der Waals surface area contributed by atoms with Gasteiger partial charge in [0.15, 0.2) is 0 Å². The number of rotatable bonds is 1. The van der Waals surface area contributed by atoms with Crippen molar-refractivity contribution >= 4 is 0 Å². The van der Waals surface area contributed by atoms with Crippen LogP contribution in [0, 0.1) is 5.82 Å². The molecule has 0 amide bonds. The molecule has 0 bridgehead atoms. The second kappa shape index (κ2) is 3.69. The monoisotopic (exact) mass is 203 g/mol. The molecular weight excluding hydrogens is 193 g/mol. The minimum absolute atomic E-state index is 0.0795. The summed E-state index contributed by atoms with van der Waals surface area (Å²) in [6.07, 6.45) is 1.69. The van der Waals surface area contributed by atoms with Gasteiger partial charge in [0.2, 0.25) is 0 Å². The van der Waals surface area contributed by atoms with Gasteiger partial charge in [-0.25, -0.2) is 4.39 Å². The Hall–Kier alpha value is -1.90. The molecule has 0 fully saturated rings. The standard InChI is InChI=1S/C12H10FNO/c1-14-8-2-3-11(12(14)15)9-4-6-10(13)7-5-9/h2-8H,1H3. The molecule has 0 aliphatic heterocycles. The van der Waals surface area contributed by atoms with E-state index < -0.39 is 0 Å². The summed E-state index contributed by atoms with van der Waals surface area (Å²) in [6.45, 7) is 0. The van der Waals surface area contributed by atoms with Gasteiger partial charge in [-0.3, -0.25) is 4.79 Å². The number of benzene rings is 1. The van der Waals surface area contributed by atoms with E-state index in [2.05, 4.69) is 0 Å². The van der Waals surface area contributed by atoms with Crippen LogP contribution < -0.4 is 5.56 Å². The number of aryl methyl sites for hydroxylation is 1. The molecular formula is C12H10FNO. The lowest BCUT2D eigenvalue weighted by molar-refractivity contribution is 0.628. The summed E-state index contributed by atoms with van der Waals surface area (Å²) < 4.78 is 14.2. The minimum Gasteiger partial charge on any atom is -0.318 e. The average Bonchev–Trinajstić information content (AvgIpc) is 2.24. The number of hydrogen-bond acceptors (Lipinski definition) is 1. The highest BCUT2D eigenvalue weighted by Gasteiger charge is 2.03. The van der Waals surface area contributed by atoms with Crippen LogP contribution in [0.5, 0.6) is 0 Å². The van der Waals surface area contributed by atoms with Crippen molar-refractivity contribution in [2.24, 2.45) is 7.05 Å². The third kappa shape index (κ3) is 1.81. The van der Waals surface area contributed by atoms with Gasteiger partial charge < -0.3 is 4.57 Å². The summed E-state index contributed by atoms with van der Waals surface area (Å²) in [4.78, 5) is 11.7. The summed E-state index contributed by atoms with van der Waals surface area (Å²) in [7, 11) is 1.69.